The summed E-state index contributed by atoms with van der Waals surface area (Å²) in [5, 5.41) is -6.08. The normalized spacial score (nSPS) is 15.5. The van der Waals surface area contributed by atoms with Crippen molar-refractivity contribution < 1.29 is 80.7 Å². The number of ether oxygens (including phenoxy) is 3. The number of rotatable bonds is 12. The third kappa shape index (κ3) is 7.92. The minimum atomic E-state index is -6.83. The number of carbonyl (C=O) groups excluding carboxylic acids is 2. The van der Waals surface area contributed by atoms with Gasteiger partial charge in [0.1, 0.15) is 5.57 Å². The fourth-order valence-electron chi connectivity index (χ4n) is 1.98. The molecule has 0 aliphatic heterocycles. The third-order valence-corrected chi connectivity index (χ3v) is 4.67. The summed E-state index contributed by atoms with van der Waals surface area (Å²) in [7, 11) is -6.83. The number of alkyl halides is 10. The second kappa shape index (κ2) is 10.9. The van der Waals surface area contributed by atoms with Crippen LogP contribution in [0.25, 0.3) is 0 Å². The fourth-order valence-corrected chi connectivity index (χ4v) is 2.45. The molecule has 0 heterocycles. The maximum atomic E-state index is 13.6. The van der Waals surface area contributed by atoms with Crippen molar-refractivity contribution in [3.63, 3.8) is 0 Å². The van der Waals surface area contributed by atoms with E-state index in [0.29, 0.717) is 0 Å². The number of halogens is 10. The second-order valence-electron chi connectivity index (χ2n) is 6.92. The average Bonchev–Trinajstić information content (AvgIpc) is 2.62. The molecular weight excluding hydrogens is 542 g/mol. The predicted molar refractivity (Wildman–Crippen MR) is 90.7 cm³/mol. The standard InChI is InChI=1S/C16H18F10O8S/c1-8(2)33-11(28)13(15(22,23)24,34-10(27)9(3)14(19,20)21)32-7-5-4-6-12(17,18)16(25,26)35(29,30)31/h8H,3-7H2,1-2H3,(H,29,30,31)/p-1. The summed E-state index contributed by atoms with van der Waals surface area (Å²) in [6.45, 7) is 2.63. The van der Waals surface area contributed by atoms with E-state index in [1.54, 1.807) is 0 Å². The van der Waals surface area contributed by atoms with Crippen LogP contribution in [0.15, 0.2) is 12.2 Å². The van der Waals surface area contributed by atoms with Crippen LogP contribution in [-0.2, 0) is 33.9 Å². The van der Waals surface area contributed by atoms with Crippen molar-refractivity contribution in [1.82, 2.24) is 0 Å². The Morgan fingerprint density at radius 2 is 1.43 bits per heavy atom. The molecule has 0 aromatic heterocycles. The minimum absolute atomic E-state index is 0.988. The van der Waals surface area contributed by atoms with E-state index in [0.717, 1.165) is 13.8 Å². The van der Waals surface area contributed by atoms with E-state index < -0.39 is 88.9 Å². The third-order valence-electron chi connectivity index (χ3n) is 3.74. The molecule has 1 atom stereocenters. The lowest BCUT2D eigenvalue weighted by Gasteiger charge is -2.33. The van der Waals surface area contributed by atoms with Crippen molar-refractivity contribution >= 4 is 22.1 Å². The molecule has 0 N–H and O–H groups in total. The van der Waals surface area contributed by atoms with Crippen molar-refractivity contribution in [3.8, 4) is 0 Å². The molecule has 0 aromatic carbocycles. The van der Waals surface area contributed by atoms with Crippen LogP contribution < -0.4 is 0 Å². The van der Waals surface area contributed by atoms with E-state index in [4.69, 9.17) is 0 Å². The molecule has 0 saturated carbocycles. The Hall–Kier alpha value is -2.15. The summed E-state index contributed by atoms with van der Waals surface area (Å²) in [5.74, 6) is -15.7. The van der Waals surface area contributed by atoms with Crippen LogP contribution in [0, 0.1) is 0 Å². The lowest BCUT2D eigenvalue weighted by atomic mass is 10.1. The van der Waals surface area contributed by atoms with E-state index >= 15 is 0 Å². The highest BCUT2D eigenvalue weighted by atomic mass is 32.2. The van der Waals surface area contributed by atoms with Gasteiger partial charge in [0.25, 0.3) is 0 Å². The number of hydrogen-bond donors (Lipinski definition) is 0. The first kappa shape index (κ1) is 32.8. The first-order chi connectivity index (χ1) is 15.3. The lowest BCUT2D eigenvalue weighted by Crippen LogP contribution is -2.59. The van der Waals surface area contributed by atoms with Gasteiger partial charge in [-0.15, -0.1) is 0 Å². The Bertz CT molecular complexity index is 895. The van der Waals surface area contributed by atoms with Crippen LogP contribution in [0.4, 0.5) is 43.9 Å². The van der Waals surface area contributed by atoms with Gasteiger partial charge in [-0.3, -0.25) is 0 Å². The molecule has 0 bridgehead atoms. The molecule has 0 aliphatic carbocycles. The molecule has 0 saturated heterocycles. The van der Waals surface area contributed by atoms with Crippen LogP contribution >= 0.6 is 0 Å². The number of hydrogen-bond acceptors (Lipinski definition) is 8. The maximum Gasteiger partial charge on any atom is 0.468 e. The largest absolute Gasteiger partial charge is 0.743 e. The van der Waals surface area contributed by atoms with Crippen molar-refractivity contribution in [2.45, 2.75) is 68.5 Å². The Labute approximate surface area is 190 Å². The maximum absolute atomic E-state index is 13.6. The molecule has 0 aromatic rings. The van der Waals surface area contributed by atoms with E-state index in [1.165, 1.54) is 0 Å². The molecule has 0 spiro atoms. The Kier molecular flexibility index (Phi) is 10.2. The van der Waals surface area contributed by atoms with Gasteiger partial charge in [-0.05, 0) is 26.7 Å². The average molecular weight is 559 g/mol. The van der Waals surface area contributed by atoms with Crippen molar-refractivity contribution in [3.05, 3.63) is 12.2 Å². The molecule has 8 nitrogen and oxygen atoms in total. The minimum Gasteiger partial charge on any atom is -0.743 e. The second-order valence-corrected chi connectivity index (χ2v) is 8.34. The zero-order valence-electron chi connectivity index (χ0n) is 17.6. The van der Waals surface area contributed by atoms with Gasteiger partial charge in [-0.25, -0.2) is 18.0 Å². The van der Waals surface area contributed by atoms with E-state index in [-0.39, 0.29) is 0 Å². The highest BCUT2D eigenvalue weighted by Crippen LogP contribution is 2.42. The van der Waals surface area contributed by atoms with Gasteiger partial charge in [-0.2, -0.15) is 43.9 Å². The summed E-state index contributed by atoms with van der Waals surface area (Å²) in [5.41, 5.74) is -2.49. The summed E-state index contributed by atoms with van der Waals surface area (Å²) < 4.78 is 174. The molecule has 1 unspecified atom stereocenters. The molecule has 19 heteroatoms. The van der Waals surface area contributed by atoms with E-state index in [9.17, 15) is 66.5 Å². The molecule has 206 valence electrons. The smallest absolute Gasteiger partial charge is 0.468 e. The predicted octanol–water partition coefficient (Wildman–Crippen LogP) is 3.82. The zero-order valence-corrected chi connectivity index (χ0v) is 18.4. The summed E-state index contributed by atoms with van der Waals surface area (Å²) >= 11 is 0. The van der Waals surface area contributed by atoms with E-state index in [1.807, 2.05) is 0 Å². The van der Waals surface area contributed by atoms with Gasteiger partial charge in [0.2, 0.25) is 0 Å². The Morgan fingerprint density at radius 1 is 0.943 bits per heavy atom. The SMILES string of the molecule is C=C(C(=O)OC(OCCCCC(F)(F)C(F)(F)S(=O)(=O)[O-])(C(=O)OC(C)C)C(F)(F)F)C(F)(F)F. The zero-order chi connectivity index (χ0) is 28.3. The van der Waals surface area contributed by atoms with Gasteiger partial charge in [-0.1, -0.05) is 6.58 Å². The van der Waals surface area contributed by atoms with Crippen LogP contribution in [0.3, 0.4) is 0 Å². The highest BCUT2D eigenvalue weighted by molar-refractivity contribution is 7.86. The summed E-state index contributed by atoms with van der Waals surface area (Å²) in [6, 6.07) is 0. The van der Waals surface area contributed by atoms with Gasteiger partial charge in [0, 0.05) is 6.42 Å². The monoisotopic (exact) mass is 559 g/mol. The molecule has 0 rings (SSSR count). The summed E-state index contributed by atoms with van der Waals surface area (Å²) in [4.78, 5) is 23.6. The highest BCUT2D eigenvalue weighted by Gasteiger charge is 2.68. The molecular formula is C16H17F10O8S-. The van der Waals surface area contributed by atoms with E-state index in [2.05, 4.69) is 20.8 Å². The van der Waals surface area contributed by atoms with Crippen molar-refractivity contribution in [1.29, 1.82) is 0 Å². The van der Waals surface area contributed by atoms with Crippen LogP contribution in [0.2, 0.25) is 0 Å². The number of unbranched alkanes of at least 4 members (excludes halogenated alkanes) is 1. The van der Waals surface area contributed by atoms with Gasteiger partial charge in [0.05, 0.1) is 12.7 Å². The van der Waals surface area contributed by atoms with Gasteiger partial charge < -0.3 is 18.8 Å². The summed E-state index contributed by atoms with van der Waals surface area (Å²) in [6.07, 6.45) is -17.5. The Balaban J connectivity index is 5.79. The topological polar surface area (TPSA) is 119 Å². The lowest BCUT2D eigenvalue weighted by molar-refractivity contribution is -0.356. The first-order valence-electron chi connectivity index (χ1n) is 8.95. The van der Waals surface area contributed by atoms with Crippen LogP contribution in [0.5, 0.6) is 0 Å². The Morgan fingerprint density at radius 3 is 1.80 bits per heavy atom. The molecule has 0 amide bonds. The van der Waals surface area contributed by atoms with Gasteiger partial charge >= 0.3 is 41.3 Å². The molecule has 0 aliphatic rings. The molecule has 0 fully saturated rings. The number of esters is 2. The number of carbonyl (C=O) groups is 2. The fraction of sp³-hybridized carbons (Fsp3) is 0.750. The molecule has 35 heavy (non-hydrogen) atoms. The van der Waals surface area contributed by atoms with Crippen LogP contribution in [-0.4, -0.2) is 66.9 Å². The van der Waals surface area contributed by atoms with Crippen LogP contribution in [0.1, 0.15) is 33.1 Å². The van der Waals surface area contributed by atoms with Gasteiger partial charge in [0.15, 0.2) is 10.1 Å². The quantitative estimate of drug-likeness (QED) is 0.0885. The first-order valence-corrected chi connectivity index (χ1v) is 10.4. The molecule has 0 radical (unpaired) electrons. The van der Waals surface area contributed by atoms with Crippen molar-refractivity contribution in [2.75, 3.05) is 6.61 Å². The van der Waals surface area contributed by atoms with Crippen molar-refractivity contribution in [2.24, 2.45) is 0 Å².